The summed E-state index contributed by atoms with van der Waals surface area (Å²) in [6, 6.07) is 10.5. The highest BCUT2D eigenvalue weighted by molar-refractivity contribution is 7.89. The molecule has 0 amide bonds. The molecule has 2 aromatic heterocycles. The average molecular weight is 434 g/mol. The first-order valence-electron chi connectivity index (χ1n) is 9.34. The van der Waals surface area contributed by atoms with Crippen molar-refractivity contribution in [3.05, 3.63) is 53.2 Å². The van der Waals surface area contributed by atoms with Gasteiger partial charge in [-0.3, -0.25) is 4.90 Å². The highest BCUT2D eigenvalue weighted by atomic mass is 32.2. The molecule has 0 radical (unpaired) electrons. The van der Waals surface area contributed by atoms with Crippen molar-refractivity contribution >= 4 is 21.4 Å². The van der Waals surface area contributed by atoms with E-state index >= 15 is 0 Å². The lowest BCUT2D eigenvalue weighted by Gasteiger charge is -2.33. The van der Waals surface area contributed by atoms with E-state index in [1.807, 2.05) is 24.4 Å². The van der Waals surface area contributed by atoms with Gasteiger partial charge in [-0.05, 0) is 42.6 Å². The van der Waals surface area contributed by atoms with Crippen LogP contribution in [0.25, 0.3) is 10.8 Å². The number of oxazole rings is 1. The van der Waals surface area contributed by atoms with E-state index in [0.29, 0.717) is 49.3 Å². The van der Waals surface area contributed by atoms with Gasteiger partial charge in [-0.1, -0.05) is 6.07 Å². The van der Waals surface area contributed by atoms with Crippen LogP contribution in [-0.4, -0.2) is 55.9 Å². The van der Waals surface area contributed by atoms with Gasteiger partial charge < -0.3 is 9.15 Å². The number of hydrogen-bond acceptors (Lipinski definition) is 7. The van der Waals surface area contributed by atoms with Crippen molar-refractivity contribution in [1.29, 1.82) is 0 Å². The molecule has 9 heteroatoms. The molecule has 1 aliphatic heterocycles. The summed E-state index contributed by atoms with van der Waals surface area (Å²) < 4.78 is 38.2. The number of thiophene rings is 1. The number of aryl methyl sites for hydroxylation is 1. The summed E-state index contributed by atoms with van der Waals surface area (Å²) in [6.45, 7) is 4.76. The molecule has 0 aliphatic carbocycles. The lowest BCUT2D eigenvalue weighted by Crippen LogP contribution is -2.48. The monoisotopic (exact) mass is 433 g/mol. The van der Waals surface area contributed by atoms with E-state index in [0.717, 1.165) is 16.3 Å². The second-order valence-corrected chi connectivity index (χ2v) is 9.74. The van der Waals surface area contributed by atoms with Crippen LogP contribution in [0.5, 0.6) is 5.75 Å². The molecule has 0 bridgehead atoms. The van der Waals surface area contributed by atoms with Crippen molar-refractivity contribution in [2.75, 3.05) is 33.3 Å². The van der Waals surface area contributed by atoms with Crippen molar-refractivity contribution in [2.45, 2.75) is 18.4 Å². The Morgan fingerprint density at radius 1 is 1.14 bits per heavy atom. The average Bonchev–Trinajstić information content (AvgIpc) is 3.39. The minimum absolute atomic E-state index is 0.291. The van der Waals surface area contributed by atoms with Gasteiger partial charge in [0.1, 0.15) is 11.5 Å². The lowest BCUT2D eigenvalue weighted by atomic mass is 10.3. The van der Waals surface area contributed by atoms with Crippen molar-refractivity contribution in [3.63, 3.8) is 0 Å². The molecule has 1 saturated heterocycles. The zero-order valence-electron chi connectivity index (χ0n) is 16.4. The van der Waals surface area contributed by atoms with Gasteiger partial charge in [0.2, 0.25) is 15.9 Å². The minimum Gasteiger partial charge on any atom is -0.497 e. The highest BCUT2D eigenvalue weighted by Crippen LogP contribution is 2.27. The molecule has 0 N–H and O–H groups in total. The van der Waals surface area contributed by atoms with Gasteiger partial charge in [0, 0.05) is 32.7 Å². The zero-order valence-corrected chi connectivity index (χ0v) is 18.0. The van der Waals surface area contributed by atoms with Gasteiger partial charge in [0.15, 0.2) is 0 Å². The molecule has 29 heavy (non-hydrogen) atoms. The van der Waals surface area contributed by atoms with Crippen LogP contribution in [0.4, 0.5) is 0 Å². The Hall–Kier alpha value is -2.20. The van der Waals surface area contributed by atoms with Gasteiger partial charge in [0.25, 0.3) is 0 Å². The number of ether oxygens (including phenoxy) is 1. The van der Waals surface area contributed by atoms with Crippen LogP contribution < -0.4 is 4.74 Å². The maximum atomic E-state index is 12.9. The molecule has 0 atom stereocenters. The largest absolute Gasteiger partial charge is 0.497 e. The maximum Gasteiger partial charge on any atom is 0.243 e. The van der Waals surface area contributed by atoms with Crippen LogP contribution in [0, 0.1) is 6.92 Å². The smallest absolute Gasteiger partial charge is 0.243 e. The van der Waals surface area contributed by atoms with Crippen molar-refractivity contribution < 1.29 is 17.6 Å². The van der Waals surface area contributed by atoms with Crippen molar-refractivity contribution in [1.82, 2.24) is 14.2 Å². The van der Waals surface area contributed by atoms with E-state index in [9.17, 15) is 8.42 Å². The van der Waals surface area contributed by atoms with Crippen LogP contribution in [-0.2, 0) is 16.6 Å². The molecule has 1 aromatic carbocycles. The topological polar surface area (TPSA) is 75.9 Å². The van der Waals surface area contributed by atoms with Gasteiger partial charge in [0.05, 0.1) is 22.6 Å². The summed E-state index contributed by atoms with van der Waals surface area (Å²) in [4.78, 5) is 8.15. The van der Waals surface area contributed by atoms with Gasteiger partial charge in [-0.2, -0.15) is 4.31 Å². The van der Waals surface area contributed by atoms with E-state index < -0.39 is 10.0 Å². The predicted octanol–water partition coefficient (Wildman–Crippen LogP) is 3.23. The SMILES string of the molecule is COc1ccc(S(=O)(=O)N2CCN(Cc3nc(-c4cccs4)oc3C)CC2)cc1. The Morgan fingerprint density at radius 2 is 1.86 bits per heavy atom. The first-order valence-corrected chi connectivity index (χ1v) is 11.7. The fourth-order valence-electron chi connectivity index (χ4n) is 3.32. The van der Waals surface area contributed by atoms with E-state index in [2.05, 4.69) is 9.88 Å². The molecule has 3 aromatic rings. The molecule has 0 unspecified atom stereocenters. The van der Waals surface area contributed by atoms with Crippen LogP contribution in [0.1, 0.15) is 11.5 Å². The molecule has 154 valence electrons. The summed E-state index contributed by atoms with van der Waals surface area (Å²) >= 11 is 1.60. The lowest BCUT2D eigenvalue weighted by molar-refractivity contribution is 0.179. The molecule has 4 rings (SSSR count). The molecule has 3 heterocycles. The molecule has 1 aliphatic rings. The quantitative estimate of drug-likeness (QED) is 0.594. The van der Waals surface area contributed by atoms with Crippen LogP contribution >= 0.6 is 11.3 Å². The highest BCUT2D eigenvalue weighted by Gasteiger charge is 2.29. The normalized spacial score (nSPS) is 16.2. The number of aromatic nitrogens is 1. The second kappa shape index (κ2) is 8.27. The first kappa shape index (κ1) is 20.1. The number of rotatable bonds is 6. The van der Waals surface area contributed by atoms with E-state index in [1.165, 1.54) is 4.31 Å². The zero-order chi connectivity index (χ0) is 20.4. The van der Waals surface area contributed by atoms with Gasteiger partial charge in [-0.25, -0.2) is 13.4 Å². The van der Waals surface area contributed by atoms with Crippen LogP contribution in [0.2, 0.25) is 0 Å². The molecule has 0 spiro atoms. The predicted molar refractivity (Wildman–Crippen MR) is 112 cm³/mol. The summed E-state index contributed by atoms with van der Waals surface area (Å²) in [5.41, 5.74) is 0.903. The standard InChI is InChI=1S/C20H23N3O4S2/c1-15-18(21-20(27-15)19-4-3-13-28-19)14-22-9-11-23(12-10-22)29(24,25)17-7-5-16(26-2)6-8-17/h3-8,13H,9-12,14H2,1-2H3. The molecule has 0 saturated carbocycles. The Bertz CT molecular complexity index is 1050. The fraction of sp³-hybridized carbons (Fsp3) is 0.350. The number of hydrogen-bond donors (Lipinski definition) is 0. The van der Waals surface area contributed by atoms with Crippen molar-refractivity contribution in [3.8, 4) is 16.5 Å². The fourth-order valence-corrected chi connectivity index (χ4v) is 5.39. The van der Waals surface area contributed by atoms with Crippen molar-refractivity contribution in [2.24, 2.45) is 0 Å². The molecule has 1 fully saturated rings. The van der Waals surface area contributed by atoms with Gasteiger partial charge in [-0.15, -0.1) is 11.3 Å². The van der Waals surface area contributed by atoms with Gasteiger partial charge >= 0.3 is 0 Å². The Kier molecular flexibility index (Phi) is 5.73. The number of methoxy groups -OCH3 is 1. The van der Waals surface area contributed by atoms with E-state index in [4.69, 9.17) is 9.15 Å². The van der Waals surface area contributed by atoms with Crippen LogP contribution in [0.15, 0.2) is 51.1 Å². The number of piperazine rings is 1. The van der Waals surface area contributed by atoms with E-state index in [1.54, 1.807) is 42.7 Å². The molecular weight excluding hydrogens is 410 g/mol. The third-order valence-corrected chi connectivity index (χ3v) is 7.80. The van der Waals surface area contributed by atoms with Crippen LogP contribution in [0.3, 0.4) is 0 Å². The third kappa shape index (κ3) is 4.23. The molecule has 7 nitrogen and oxygen atoms in total. The first-order chi connectivity index (χ1) is 14.0. The number of benzene rings is 1. The minimum atomic E-state index is -3.50. The third-order valence-electron chi connectivity index (χ3n) is 5.03. The summed E-state index contributed by atoms with van der Waals surface area (Å²) in [7, 11) is -1.94. The Labute approximate surface area is 174 Å². The molecular formula is C20H23N3O4S2. The summed E-state index contributed by atoms with van der Waals surface area (Å²) in [5, 5.41) is 2.00. The summed E-state index contributed by atoms with van der Waals surface area (Å²) in [6.07, 6.45) is 0. The van der Waals surface area contributed by atoms with E-state index in [-0.39, 0.29) is 0 Å². The Morgan fingerprint density at radius 3 is 2.48 bits per heavy atom. The number of sulfonamides is 1. The Balaban J connectivity index is 1.39. The second-order valence-electron chi connectivity index (χ2n) is 6.85. The summed E-state index contributed by atoms with van der Waals surface area (Å²) in [5.74, 6) is 2.09. The maximum absolute atomic E-state index is 12.9. The number of nitrogens with zero attached hydrogens (tertiary/aromatic N) is 3.